The van der Waals surface area contributed by atoms with Gasteiger partial charge in [-0.15, -0.1) is 11.3 Å². The molecule has 1 fully saturated rings. The molecule has 0 aromatic carbocycles. The minimum Gasteiger partial charge on any atom is -0.326 e. The van der Waals surface area contributed by atoms with E-state index < -0.39 is 9.84 Å². The molecule has 108 valence electrons. The molecule has 1 aliphatic rings. The van der Waals surface area contributed by atoms with Crippen molar-refractivity contribution in [1.82, 2.24) is 4.98 Å². The molecule has 0 spiro atoms. The molecule has 0 saturated heterocycles. The van der Waals surface area contributed by atoms with Crippen molar-refractivity contribution in [3.8, 4) is 0 Å². The van der Waals surface area contributed by atoms with Crippen LogP contribution in [0.2, 0.25) is 0 Å². The van der Waals surface area contributed by atoms with Crippen molar-refractivity contribution < 1.29 is 8.42 Å². The number of nitrogens with zero attached hydrogens (tertiary/aromatic N) is 1. The van der Waals surface area contributed by atoms with Gasteiger partial charge in [0.1, 0.15) is 10.8 Å². The maximum absolute atomic E-state index is 12.4. The van der Waals surface area contributed by atoms with E-state index >= 15 is 0 Å². The van der Waals surface area contributed by atoms with Crippen LogP contribution in [0.15, 0.2) is 0 Å². The fraction of sp³-hybridized carbons (Fsp3) is 0.769. The lowest BCUT2D eigenvalue weighted by molar-refractivity contribution is 0.483. The van der Waals surface area contributed by atoms with Crippen molar-refractivity contribution in [2.75, 3.05) is 0 Å². The van der Waals surface area contributed by atoms with Crippen LogP contribution in [-0.2, 0) is 28.6 Å². The Morgan fingerprint density at radius 1 is 1.32 bits per heavy atom. The zero-order chi connectivity index (χ0) is 13.9. The molecule has 6 heteroatoms. The van der Waals surface area contributed by atoms with E-state index in [1.54, 1.807) is 0 Å². The van der Waals surface area contributed by atoms with Gasteiger partial charge in [-0.1, -0.05) is 26.2 Å². The van der Waals surface area contributed by atoms with Crippen LogP contribution < -0.4 is 5.73 Å². The van der Waals surface area contributed by atoms with Gasteiger partial charge in [-0.25, -0.2) is 13.4 Å². The third-order valence-corrected chi connectivity index (χ3v) is 7.19. The number of aromatic nitrogens is 1. The molecule has 0 unspecified atom stereocenters. The van der Waals surface area contributed by atoms with Gasteiger partial charge < -0.3 is 5.73 Å². The van der Waals surface area contributed by atoms with Gasteiger partial charge in [0.05, 0.1) is 10.9 Å². The molecule has 1 heterocycles. The average molecular weight is 302 g/mol. The fourth-order valence-corrected chi connectivity index (χ4v) is 5.90. The molecular formula is C13H22N2O2S2. The smallest absolute Gasteiger partial charge is 0.159 e. The highest BCUT2D eigenvalue weighted by Gasteiger charge is 2.28. The molecule has 1 saturated carbocycles. The molecule has 2 N–H and O–H groups in total. The van der Waals surface area contributed by atoms with Crippen LogP contribution >= 0.6 is 11.3 Å². The number of hydrogen-bond donors (Lipinski definition) is 1. The number of sulfone groups is 1. The van der Waals surface area contributed by atoms with Gasteiger partial charge in [0.15, 0.2) is 9.84 Å². The fourth-order valence-electron chi connectivity index (χ4n) is 2.65. The molecule has 1 aliphatic carbocycles. The molecule has 1 aromatic heterocycles. The van der Waals surface area contributed by atoms with E-state index in [-0.39, 0.29) is 11.0 Å². The number of hydrogen-bond acceptors (Lipinski definition) is 5. The Balaban J connectivity index is 2.13. The zero-order valence-corrected chi connectivity index (χ0v) is 13.0. The summed E-state index contributed by atoms with van der Waals surface area (Å²) >= 11 is 1.46. The molecule has 0 aliphatic heterocycles. The highest BCUT2D eigenvalue weighted by Crippen LogP contribution is 2.28. The van der Waals surface area contributed by atoms with Crippen molar-refractivity contribution >= 4 is 21.2 Å². The second-order valence-corrected chi connectivity index (χ2v) is 8.55. The van der Waals surface area contributed by atoms with Crippen LogP contribution in [0.1, 0.15) is 54.6 Å². The Labute approximate surface area is 119 Å². The number of nitrogens with two attached hydrogens (primary N) is 1. The van der Waals surface area contributed by atoms with Crippen molar-refractivity contribution in [2.24, 2.45) is 5.73 Å². The molecule has 0 bridgehead atoms. The van der Waals surface area contributed by atoms with Crippen molar-refractivity contribution in [2.45, 2.75) is 63.0 Å². The minimum absolute atomic E-state index is 0.0926. The average Bonchev–Trinajstić information content (AvgIpc) is 2.81. The molecule has 19 heavy (non-hydrogen) atoms. The third kappa shape index (κ3) is 3.55. The first-order valence-electron chi connectivity index (χ1n) is 6.96. The largest absolute Gasteiger partial charge is 0.326 e. The Kier molecular flexibility index (Phi) is 4.97. The van der Waals surface area contributed by atoms with E-state index in [9.17, 15) is 8.42 Å². The van der Waals surface area contributed by atoms with E-state index in [1.165, 1.54) is 17.8 Å². The van der Waals surface area contributed by atoms with Crippen LogP contribution in [0.5, 0.6) is 0 Å². The van der Waals surface area contributed by atoms with Gasteiger partial charge in [-0.2, -0.15) is 0 Å². The van der Waals surface area contributed by atoms with Gasteiger partial charge in [-0.3, -0.25) is 0 Å². The van der Waals surface area contributed by atoms with Gasteiger partial charge in [0.2, 0.25) is 0 Å². The highest BCUT2D eigenvalue weighted by atomic mass is 32.2. The van der Waals surface area contributed by atoms with Crippen LogP contribution in [0, 0.1) is 0 Å². The SMILES string of the molecule is CCc1nc(CS(=O)(=O)C2CCCCC2)sc1CN. The summed E-state index contributed by atoms with van der Waals surface area (Å²) in [5.74, 6) is 0.0926. The molecule has 0 amide bonds. The van der Waals surface area contributed by atoms with Crippen molar-refractivity contribution in [3.05, 3.63) is 15.6 Å². The molecular weight excluding hydrogens is 280 g/mol. The second-order valence-electron chi connectivity index (χ2n) is 5.10. The lowest BCUT2D eigenvalue weighted by Gasteiger charge is -2.21. The number of rotatable bonds is 5. The Bertz CT molecular complexity index is 495. The summed E-state index contributed by atoms with van der Waals surface area (Å²) in [4.78, 5) is 5.46. The van der Waals surface area contributed by atoms with Gasteiger partial charge in [0, 0.05) is 11.4 Å². The third-order valence-electron chi connectivity index (χ3n) is 3.73. The summed E-state index contributed by atoms with van der Waals surface area (Å²) in [6.45, 7) is 2.47. The summed E-state index contributed by atoms with van der Waals surface area (Å²) in [6.07, 6.45) is 5.69. The van der Waals surface area contributed by atoms with Crippen molar-refractivity contribution in [3.63, 3.8) is 0 Å². The van der Waals surface area contributed by atoms with E-state index in [0.29, 0.717) is 11.6 Å². The lowest BCUT2D eigenvalue weighted by Crippen LogP contribution is -2.25. The summed E-state index contributed by atoms with van der Waals surface area (Å²) in [5.41, 5.74) is 6.63. The molecule has 1 aromatic rings. The standard InChI is InChI=1S/C13H22N2O2S2/c1-2-11-12(8-14)18-13(15-11)9-19(16,17)10-6-4-3-5-7-10/h10H,2-9,14H2,1H3. The first-order chi connectivity index (χ1) is 9.06. The monoisotopic (exact) mass is 302 g/mol. The first-order valence-corrected chi connectivity index (χ1v) is 9.49. The minimum atomic E-state index is -3.05. The number of thiazole rings is 1. The molecule has 0 atom stereocenters. The summed E-state index contributed by atoms with van der Waals surface area (Å²) in [5, 5.41) is 0.555. The predicted octanol–water partition coefficient (Wildman–Crippen LogP) is 2.41. The maximum Gasteiger partial charge on any atom is 0.159 e. The summed E-state index contributed by atoms with van der Waals surface area (Å²) in [6, 6.07) is 0. The Morgan fingerprint density at radius 3 is 2.53 bits per heavy atom. The predicted molar refractivity (Wildman–Crippen MR) is 78.9 cm³/mol. The van der Waals surface area contributed by atoms with Crippen molar-refractivity contribution in [1.29, 1.82) is 0 Å². The van der Waals surface area contributed by atoms with Crippen LogP contribution in [0.4, 0.5) is 0 Å². The first kappa shape index (κ1) is 14.9. The highest BCUT2D eigenvalue weighted by molar-refractivity contribution is 7.91. The van der Waals surface area contributed by atoms with Crippen LogP contribution in [-0.4, -0.2) is 18.7 Å². The topological polar surface area (TPSA) is 73.0 Å². The van der Waals surface area contributed by atoms with Gasteiger partial charge >= 0.3 is 0 Å². The van der Waals surface area contributed by atoms with E-state index in [0.717, 1.165) is 42.7 Å². The molecule has 0 radical (unpaired) electrons. The quantitative estimate of drug-likeness (QED) is 0.906. The molecule has 4 nitrogen and oxygen atoms in total. The second kappa shape index (κ2) is 6.33. The van der Waals surface area contributed by atoms with Gasteiger partial charge in [0.25, 0.3) is 0 Å². The van der Waals surface area contributed by atoms with Crippen LogP contribution in [0.3, 0.4) is 0 Å². The van der Waals surface area contributed by atoms with E-state index in [1.807, 2.05) is 6.92 Å². The Morgan fingerprint density at radius 2 is 2.00 bits per heavy atom. The van der Waals surface area contributed by atoms with Crippen LogP contribution in [0.25, 0.3) is 0 Å². The maximum atomic E-state index is 12.4. The van der Waals surface area contributed by atoms with E-state index in [4.69, 9.17) is 5.73 Å². The summed E-state index contributed by atoms with van der Waals surface area (Å²) < 4.78 is 24.8. The van der Waals surface area contributed by atoms with Gasteiger partial charge in [-0.05, 0) is 19.3 Å². The lowest BCUT2D eigenvalue weighted by atomic mass is 10.0. The Hall–Kier alpha value is -0.460. The number of aryl methyl sites for hydroxylation is 1. The summed E-state index contributed by atoms with van der Waals surface area (Å²) in [7, 11) is -3.05. The molecule has 2 rings (SSSR count). The van der Waals surface area contributed by atoms with E-state index in [2.05, 4.69) is 4.98 Å². The zero-order valence-electron chi connectivity index (χ0n) is 11.4. The normalized spacial score (nSPS) is 17.8.